The SMILES string of the molecule is CCCC(N)CC(=O)OC1CC(C)OC(C)C1. The number of hydrogen-bond acceptors (Lipinski definition) is 4. The summed E-state index contributed by atoms with van der Waals surface area (Å²) in [6.45, 7) is 6.09. The third-order valence-corrected chi connectivity index (χ3v) is 3.04. The van der Waals surface area contributed by atoms with Gasteiger partial charge in [0.05, 0.1) is 18.6 Å². The van der Waals surface area contributed by atoms with Gasteiger partial charge < -0.3 is 15.2 Å². The van der Waals surface area contributed by atoms with Crippen LogP contribution in [-0.4, -0.2) is 30.3 Å². The largest absolute Gasteiger partial charge is 0.462 e. The van der Waals surface area contributed by atoms with Crippen LogP contribution in [0, 0.1) is 0 Å². The molecule has 17 heavy (non-hydrogen) atoms. The molecule has 1 rings (SSSR count). The van der Waals surface area contributed by atoms with Crippen LogP contribution in [0.4, 0.5) is 0 Å². The summed E-state index contributed by atoms with van der Waals surface area (Å²) in [5, 5.41) is 0. The van der Waals surface area contributed by atoms with E-state index in [1.54, 1.807) is 0 Å². The number of carbonyl (C=O) groups excluding carboxylic acids is 1. The maximum atomic E-state index is 11.7. The van der Waals surface area contributed by atoms with E-state index < -0.39 is 0 Å². The predicted molar refractivity (Wildman–Crippen MR) is 66.6 cm³/mol. The summed E-state index contributed by atoms with van der Waals surface area (Å²) < 4.78 is 11.1. The molecule has 0 aromatic carbocycles. The van der Waals surface area contributed by atoms with Crippen molar-refractivity contribution in [2.75, 3.05) is 0 Å². The molecule has 0 aliphatic carbocycles. The van der Waals surface area contributed by atoms with Gasteiger partial charge in [-0.25, -0.2) is 0 Å². The topological polar surface area (TPSA) is 61.6 Å². The minimum absolute atomic E-state index is 0.00456. The number of hydrogen-bond donors (Lipinski definition) is 1. The van der Waals surface area contributed by atoms with Crippen molar-refractivity contribution in [3.63, 3.8) is 0 Å². The molecule has 4 nitrogen and oxygen atoms in total. The lowest BCUT2D eigenvalue weighted by Gasteiger charge is -2.31. The van der Waals surface area contributed by atoms with Crippen LogP contribution in [0.15, 0.2) is 0 Å². The van der Waals surface area contributed by atoms with E-state index >= 15 is 0 Å². The maximum absolute atomic E-state index is 11.7. The standard InChI is InChI=1S/C13H25NO3/c1-4-5-11(14)8-13(15)17-12-6-9(2)16-10(3)7-12/h9-12H,4-8,14H2,1-3H3. The van der Waals surface area contributed by atoms with E-state index in [4.69, 9.17) is 15.2 Å². The first kappa shape index (κ1) is 14.5. The summed E-state index contributed by atoms with van der Waals surface area (Å²) in [4.78, 5) is 11.7. The molecule has 0 amide bonds. The molecule has 0 aromatic heterocycles. The number of esters is 1. The molecule has 0 spiro atoms. The second-order valence-electron chi connectivity index (χ2n) is 5.09. The van der Waals surface area contributed by atoms with Gasteiger partial charge in [0.1, 0.15) is 6.10 Å². The molecule has 0 radical (unpaired) electrons. The van der Waals surface area contributed by atoms with E-state index in [2.05, 4.69) is 6.92 Å². The van der Waals surface area contributed by atoms with Crippen molar-refractivity contribution in [3.05, 3.63) is 0 Å². The van der Waals surface area contributed by atoms with Gasteiger partial charge in [0.2, 0.25) is 0 Å². The Kier molecular flexibility index (Phi) is 5.92. The minimum Gasteiger partial charge on any atom is -0.462 e. The zero-order valence-electron chi connectivity index (χ0n) is 11.1. The zero-order chi connectivity index (χ0) is 12.8. The first-order chi connectivity index (χ1) is 8.01. The van der Waals surface area contributed by atoms with Gasteiger partial charge in [0.25, 0.3) is 0 Å². The van der Waals surface area contributed by atoms with Crippen molar-refractivity contribution in [1.82, 2.24) is 0 Å². The molecule has 0 aromatic rings. The van der Waals surface area contributed by atoms with Gasteiger partial charge in [-0.3, -0.25) is 4.79 Å². The predicted octanol–water partition coefficient (Wildman–Crippen LogP) is 2.00. The van der Waals surface area contributed by atoms with Gasteiger partial charge in [-0.1, -0.05) is 13.3 Å². The summed E-state index contributed by atoms with van der Waals surface area (Å²) in [6, 6.07) is -0.0674. The Labute approximate surface area is 104 Å². The number of carbonyl (C=O) groups is 1. The molecule has 1 fully saturated rings. The summed E-state index contributed by atoms with van der Waals surface area (Å²) in [6.07, 6.45) is 4.11. The number of nitrogens with two attached hydrogens (primary N) is 1. The lowest BCUT2D eigenvalue weighted by atomic mass is 10.0. The molecule has 3 atom stereocenters. The Morgan fingerprint density at radius 2 is 2.00 bits per heavy atom. The quantitative estimate of drug-likeness (QED) is 0.750. The van der Waals surface area contributed by atoms with Crippen LogP contribution in [0.2, 0.25) is 0 Å². The van der Waals surface area contributed by atoms with E-state index in [9.17, 15) is 4.79 Å². The van der Waals surface area contributed by atoms with Crippen molar-refractivity contribution < 1.29 is 14.3 Å². The highest BCUT2D eigenvalue weighted by Crippen LogP contribution is 2.22. The molecule has 100 valence electrons. The molecule has 3 unspecified atom stereocenters. The van der Waals surface area contributed by atoms with E-state index in [1.807, 2.05) is 13.8 Å². The fourth-order valence-electron chi connectivity index (χ4n) is 2.36. The smallest absolute Gasteiger partial charge is 0.307 e. The molecule has 0 saturated carbocycles. The number of rotatable bonds is 5. The molecule has 0 bridgehead atoms. The lowest BCUT2D eigenvalue weighted by molar-refractivity contribution is -0.160. The van der Waals surface area contributed by atoms with Gasteiger partial charge in [-0.2, -0.15) is 0 Å². The third kappa shape index (κ3) is 5.50. The van der Waals surface area contributed by atoms with Gasteiger partial charge in [0.15, 0.2) is 0 Å². The normalized spacial score (nSPS) is 30.9. The average molecular weight is 243 g/mol. The first-order valence-electron chi connectivity index (χ1n) is 6.61. The average Bonchev–Trinajstić information content (AvgIpc) is 2.14. The molecular weight excluding hydrogens is 218 g/mol. The molecule has 1 aliphatic heterocycles. The van der Waals surface area contributed by atoms with Gasteiger partial charge in [-0.05, 0) is 20.3 Å². The monoisotopic (exact) mass is 243 g/mol. The number of ether oxygens (including phenoxy) is 2. The summed E-state index contributed by atoms with van der Waals surface area (Å²) >= 11 is 0. The molecular formula is C13H25NO3. The van der Waals surface area contributed by atoms with Crippen LogP contribution < -0.4 is 5.73 Å². The van der Waals surface area contributed by atoms with Crippen molar-refractivity contribution in [3.8, 4) is 0 Å². The molecule has 1 aliphatic rings. The molecule has 1 saturated heterocycles. The van der Waals surface area contributed by atoms with Gasteiger partial charge >= 0.3 is 5.97 Å². The van der Waals surface area contributed by atoms with Crippen molar-refractivity contribution >= 4 is 5.97 Å². The molecule has 1 heterocycles. The summed E-state index contributed by atoms with van der Waals surface area (Å²) in [5.74, 6) is -0.169. The fourth-order valence-corrected chi connectivity index (χ4v) is 2.36. The van der Waals surface area contributed by atoms with Crippen LogP contribution in [0.3, 0.4) is 0 Å². The van der Waals surface area contributed by atoms with Gasteiger partial charge in [-0.15, -0.1) is 0 Å². The van der Waals surface area contributed by atoms with Crippen LogP contribution in [0.25, 0.3) is 0 Å². The Morgan fingerprint density at radius 3 is 2.53 bits per heavy atom. The van der Waals surface area contributed by atoms with Crippen molar-refractivity contribution in [2.45, 2.75) is 77.2 Å². The molecule has 2 N–H and O–H groups in total. The highest BCUT2D eigenvalue weighted by molar-refractivity contribution is 5.70. The highest BCUT2D eigenvalue weighted by atomic mass is 16.6. The fraction of sp³-hybridized carbons (Fsp3) is 0.923. The Hall–Kier alpha value is -0.610. The summed E-state index contributed by atoms with van der Waals surface area (Å²) in [5.41, 5.74) is 5.82. The van der Waals surface area contributed by atoms with E-state index in [0.717, 1.165) is 25.7 Å². The van der Waals surface area contributed by atoms with E-state index in [0.29, 0.717) is 6.42 Å². The lowest BCUT2D eigenvalue weighted by Crippen LogP contribution is -2.36. The third-order valence-electron chi connectivity index (χ3n) is 3.04. The van der Waals surface area contributed by atoms with E-state index in [1.165, 1.54) is 0 Å². The van der Waals surface area contributed by atoms with Crippen LogP contribution in [0.1, 0.15) is 52.9 Å². The minimum atomic E-state index is -0.169. The second-order valence-corrected chi connectivity index (χ2v) is 5.09. The van der Waals surface area contributed by atoms with Crippen molar-refractivity contribution in [1.29, 1.82) is 0 Å². The Morgan fingerprint density at radius 1 is 1.41 bits per heavy atom. The highest BCUT2D eigenvalue weighted by Gasteiger charge is 2.27. The second kappa shape index (κ2) is 6.97. The zero-order valence-corrected chi connectivity index (χ0v) is 11.1. The van der Waals surface area contributed by atoms with Crippen molar-refractivity contribution in [2.24, 2.45) is 5.73 Å². The van der Waals surface area contributed by atoms with Crippen LogP contribution in [0.5, 0.6) is 0 Å². The van der Waals surface area contributed by atoms with E-state index in [-0.39, 0.29) is 30.3 Å². The van der Waals surface area contributed by atoms with Crippen LogP contribution >= 0.6 is 0 Å². The summed E-state index contributed by atoms with van der Waals surface area (Å²) in [7, 11) is 0. The Balaban J connectivity index is 2.30. The Bertz CT molecular complexity index is 235. The first-order valence-corrected chi connectivity index (χ1v) is 6.61. The maximum Gasteiger partial charge on any atom is 0.307 e. The van der Waals surface area contributed by atoms with Crippen LogP contribution in [-0.2, 0) is 14.3 Å². The molecule has 4 heteroatoms. The van der Waals surface area contributed by atoms with Gasteiger partial charge in [0, 0.05) is 18.9 Å².